The van der Waals surface area contributed by atoms with Gasteiger partial charge in [-0.2, -0.15) is 13.2 Å². The third-order valence-corrected chi connectivity index (χ3v) is 3.01. The first kappa shape index (κ1) is 16.4. The van der Waals surface area contributed by atoms with E-state index in [1.54, 1.807) is 0 Å². The van der Waals surface area contributed by atoms with Crippen LogP contribution in [0.3, 0.4) is 0 Å². The topological polar surface area (TPSA) is 60.2 Å². The fourth-order valence-electron chi connectivity index (χ4n) is 1.82. The summed E-state index contributed by atoms with van der Waals surface area (Å²) in [6, 6.07) is 9.54. The van der Waals surface area contributed by atoms with E-state index in [-0.39, 0.29) is 11.3 Å². The zero-order valence-corrected chi connectivity index (χ0v) is 11.6. The molecule has 0 fully saturated rings. The number of alkyl halides is 3. The van der Waals surface area contributed by atoms with Gasteiger partial charge in [-0.05, 0) is 35.9 Å². The number of hydrogen-bond donors (Lipinski definition) is 0. The van der Waals surface area contributed by atoms with Gasteiger partial charge in [0.2, 0.25) is 0 Å². The minimum atomic E-state index is -4.52. The molecule has 4 nitrogen and oxygen atoms in total. The Morgan fingerprint density at radius 1 is 1.09 bits per heavy atom. The average Bonchev–Trinajstić information content (AvgIpc) is 2.52. The van der Waals surface area contributed by atoms with Crippen molar-refractivity contribution in [2.45, 2.75) is 6.18 Å². The molecule has 2 rings (SSSR count). The first-order valence-electron chi connectivity index (χ1n) is 6.41. The molecule has 118 valence electrons. The molecule has 0 atom stereocenters. The zero-order valence-electron chi connectivity index (χ0n) is 11.6. The predicted octanol–water partition coefficient (Wildman–Crippen LogP) is 4.51. The van der Waals surface area contributed by atoms with Crippen LogP contribution in [0.5, 0.6) is 0 Å². The van der Waals surface area contributed by atoms with E-state index in [2.05, 4.69) is 0 Å². The lowest BCUT2D eigenvalue weighted by Gasteiger charge is -2.07. The van der Waals surface area contributed by atoms with Gasteiger partial charge in [-0.15, -0.1) is 0 Å². The maximum absolute atomic E-state index is 12.6. The van der Waals surface area contributed by atoms with Gasteiger partial charge in [-0.1, -0.05) is 18.2 Å². The van der Waals surface area contributed by atoms with Gasteiger partial charge >= 0.3 is 6.18 Å². The van der Waals surface area contributed by atoms with Crippen molar-refractivity contribution in [2.75, 3.05) is 0 Å². The van der Waals surface area contributed by atoms with E-state index < -0.39 is 22.4 Å². The van der Waals surface area contributed by atoms with Crippen LogP contribution in [0, 0.1) is 10.1 Å². The van der Waals surface area contributed by atoms with E-state index in [1.165, 1.54) is 36.4 Å². The number of carbonyl (C=O) groups is 1. The Morgan fingerprint density at radius 2 is 1.74 bits per heavy atom. The summed E-state index contributed by atoms with van der Waals surface area (Å²) < 4.78 is 37.8. The van der Waals surface area contributed by atoms with Gasteiger partial charge in [0.15, 0.2) is 5.78 Å². The maximum atomic E-state index is 12.6. The molecule has 0 aromatic heterocycles. The fourth-order valence-corrected chi connectivity index (χ4v) is 1.82. The van der Waals surface area contributed by atoms with Gasteiger partial charge in [-0.25, -0.2) is 0 Å². The number of nitro benzene ring substituents is 1. The highest BCUT2D eigenvalue weighted by atomic mass is 19.4. The van der Waals surface area contributed by atoms with Crippen molar-refractivity contribution < 1.29 is 22.9 Å². The molecule has 23 heavy (non-hydrogen) atoms. The van der Waals surface area contributed by atoms with E-state index in [4.69, 9.17) is 0 Å². The molecular weight excluding hydrogens is 311 g/mol. The van der Waals surface area contributed by atoms with E-state index in [9.17, 15) is 28.1 Å². The highest BCUT2D eigenvalue weighted by Gasteiger charge is 2.30. The number of rotatable bonds is 4. The molecule has 0 saturated heterocycles. The molecule has 0 saturated carbocycles. The third-order valence-electron chi connectivity index (χ3n) is 3.01. The number of halogens is 3. The third kappa shape index (κ3) is 4.26. The van der Waals surface area contributed by atoms with Crippen molar-refractivity contribution in [3.8, 4) is 0 Å². The van der Waals surface area contributed by atoms with Crippen LogP contribution in [0.2, 0.25) is 0 Å². The second kappa shape index (κ2) is 6.43. The van der Waals surface area contributed by atoms with E-state index >= 15 is 0 Å². The van der Waals surface area contributed by atoms with Crippen molar-refractivity contribution in [1.82, 2.24) is 0 Å². The van der Waals surface area contributed by atoms with Crippen molar-refractivity contribution >= 4 is 17.5 Å². The second-order valence-electron chi connectivity index (χ2n) is 4.62. The van der Waals surface area contributed by atoms with Gasteiger partial charge in [0.05, 0.1) is 10.5 Å². The van der Waals surface area contributed by atoms with Crippen molar-refractivity contribution in [3.05, 3.63) is 81.4 Å². The van der Waals surface area contributed by atoms with Crippen molar-refractivity contribution in [1.29, 1.82) is 0 Å². The first-order valence-corrected chi connectivity index (χ1v) is 6.41. The van der Waals surface area contributed by atoms with E-state index in [0.29, 0.717) is 5.56 Å². The Morgan fingerprint density at radius 3 is 2.30 bits per heavy atom. The molecular formula is C16H10F3NO3. The molecule has 0 spiro atoms. The molecule has 7 heteroatoms. The van der Waals surface area contributed by atoms with Gasteiger partial charge in [-0.3, -0.25) is 14.9 Å². The van der Waals surface area contributed by atoms with Crippen LogP contribution in [-0.4, -0.2) is 10.7 Å². The highest BCUT2D eigenvalue weighted by molar-refractivity contribution is 6.06. The van der Waals surface area contributed by atoms with E-state index in [1.807, 2.05) is 0 Å². The lowest BCUT2D eigenvalue weighted by molar-refractivity contribution is -0.384. The molecule has 0 heterocycles. The van der Waals surface area contributed by atoms with Crippen LogP contribution in [0.4, 0.5) is 18.9 Å². The molecule has 2 aromatic rings. The van der Waals surface area contributed by atoms with E-state index in [0.717, 1.165) is 24.3 Å². The van der Waals surface area contributed by atoms with Crippen LogP contribution < -0.4 is 0 Å². The molecule has 0 aliphatic heterocycles. The molecule has 0 amide bonds. The van der Waals surface area contributed by atoms with Crippen molar-refractivity contribution in [2.24, 2.45) is 0 Å². The second-order valence-corrected chi connectivity index (χ2v) is 4.62. The Hall–Kier alpha value is -2.96. The minimum Gasteiger partial charge on any atom is -0.289 e. The zero-order chi connectivity index (χ0) is 17.0. The maximum Gasteiger partial charge on any atom is 0.416 e. The van der Waals surface area contributed by atoms with Gasteiger partial charge in [0.1, 0.15) is 0 Å². The lowest BCUT2D eigenvalue weighted by Crippen LogP contribution is -2.06. The number of hydrogen-bond acceptors (Lipinski definition) is 3. The SMILES string of the molecule is O=C(/C=C/c1ccc([N+](=O)[O-])cc1)c1cccc(C(F)(F)F)c1. The number of carbonyl (C=O) groups excluding carboxylic acids is 1. The average molecular weight is 321 g/mol. The predicted molar refractivity (Wildman–Crippen MR) is 77.9 cm³/mol. The van der Waals surface area contributed by atoms with Gasteiger partial charge in [0, 0.05) is 17.7 Å². The van der Waals surface area contributed by atoms with Crippen LogP contribution in [0.25, 0.3) is 6.08 Å². The highest BCUT2D eigenvalue weighted by Crippen LogP contribution is 2.29. The standard InChI is InChI=1S/C16H10F3NO3/c17-16(18,19)13-3-1-2-12(10-13)15(21)9-6-11-4-7-14(8-5-11)20(22)23/h1-10H/b9-6+. The summed E-state index contributed by atoms with van der Waals surface area (Å²) >= 11 is 0. The summed E-state index contributed by atoms with van der Waals surface area (Å²) in [5, 5.41) is 10.5. The number of nitrogens with zero attached hydrogens (tertiary/aromatic N) is 1. The Bertz CT molecular complexity index is 765. The van der Waals surface area contributed by atoms with Crippen LogP contribution >= 0.6 is 0 Å². The normalized spacial score (nSPS) is 11.6. The van der Waals surface area contributed by atoms with Crippen LogP contribution in [0.15, 0.2) is 54.6 Å². The van der Waals surface area contributed by atoms with Gasteiger partial charge < -0.3 is 0 Å². The summed E-state index contributed by atoms with van der Waals surface area (Å²) in [5.41, 5.74) is -0.549. The molecule has 0 radical (unpaired) electrons. The molecule has 0 aliphatic carbocycles. The Balaban J connectivity index is 2.17. The molecule has 0 unspecified atom stereocenters. The molecule has 0 bridgehead atoms. The van der Waals surface area contributed by atoms with Gasteiger partial charge in [0.25, 0.3) is 5.69 Å². The Kier molecular flexibility index (Phi) is 4.59. The van der Waals surface area contributed by atoms with Crippen LogP contribution in [0.1, 0.15) is 21.5 Å². The summed E-state index contributed by atoms with van der Waals surface area (Å²) in [6.07, 6.45) is -2.01. The lowest BCUT2D eigenvalue weighted by atomic mass is 10.1. The van der Waals surface area contributed by atoms with Crippen molar-refractivity contribution in [3.63, 3.8) is 0 Å². The largest absolute Gasteiger partial charge is 0.416 e. The fraction of sp³-hybridized carbons (Fsp3) is 0.0625. The number of nitro groups is 1. The number of ketones is 1. The summed E-state index contributed by atoms with van der Waals surface area (Å²) in [7, 11) is 0. The smallest absolute Gasteiger partial charge is 0.289 e. The number of non-ortho nitro benzene ring substituents is 1. The Labute approximate surface area is 129 Å². The summed E-state index contributed by atoms with van der Waals surface area (Å²) in [6.45, 7) is 0. The molecule has 2 aromatic carbocycles. The molecule has 0 N–H and O–H groups in total. The summed E-state index contributed by atoms with van der Waals surface area (Å²) in [4.78, 5) is 21.9. The monoisotopic (exact) mass is 321 g/mol. The first-order chi connectivity index (χ1) is 10.8. The summed E-state index contributed by atoms with van der Waals surface area (Å²) in [5.74, 6) is -0.588. The van der Waals surface area contributed by atoms with Crippen LogP contribution in [-0.2, 0) is 6.18 Å². The number of allylic oxidation sites excluding steroid dienone is 1. The molecule has 0 aliphatic rings. The number of benzene rings is 2. The minimum absolute atomic E-state index is 0.0852. The quantitative estimate of drug-likeness (QED) is 0.360.